The number of hydrogen-bond donors (Lipinski definition) is 0. The molecule has 0 bridgehead atoms. The van der Waals surface area contributed by atoms with Gasteiger partial charge >= 0.3 is 0 Å². The maximum atomic E-state index is 5.67. The van der Waals surface area contributed by atoms with Crippen molar-refractivity contribution in [3.05, 3.63) is 0 Å². The molecule has 0 saturated carbocycles. The zero-order chi connectivity index (χ0) is 5.21. The van der Waals surface area contributed by atoms with E-state index in [1.807, 2.05) is 13.1 Å². The van der Waals surface area contributed by atoms with Crippen molar-refractivity contribution in [3.63, 3.8) is 0 Å². The Morgan fingerprint density at radius 3 is 1.83 bits per heavy atom. The van der Waals surface area contributed by atoms with Gasteiger partial charge in [0.05, 0.1) is 0 Å². The van der Waals surface area contributed by atoms with E-state index < -0.39 is 7.63 Å². The van der Waals surface area contributed by atoms with Crippen molar-refractivity contribution in [2.45, 2.75) is 13.1 Å². The lowest BCUT2D eigenvalue weighted by Gasteiger charge is -2.07. The van der Waals surface area contributed by atoms with Crippen LogP contribution in [0.15, 0.2) is 0 Å². The molecule has 0 atom stereocenters. The molecular weight excluding hydrogens is 132 g/mol. The second-order valence-electron chi connectivity index (χ2n) is 1.57. The lowest BCUT2D eigenvalue weighted by molar-refractivity contribution is 0.637. The van der Waals surface area contributed by atoms with E-state index >= 15 is 0 Å². The van der Waals surface area contributed by atoms with Gasteiger partial charge in [0.15, 0.2) is 0 Å². The molecule has 0 aliphatic rings. The van der Waals surface area contributed by atoms with Crippen molar-refractivity contribution < 1.29 is 4.12 Å². The average Bonchev–Trinajstić information content (AvgIpc) is 1.35. The average molecular weight is 141 g/mol. The van der Waals surface area contributed by atoms with Crippen molar-refractivity contribution >= 4 is 29.2 Å². The van der Waals surface area contributed by atoms with E-state index in [1.54, 1.807) is 0 Å². The fraction of sp³-hybridized carbons (Fsp3) is 1.00. The van der Waals surface area contributed by atoms with Crippen LogP contribution in [0.25, 0.3) is 0 Å². The van der Waals surface area contributed by atoms with Crippen LogP contribution < -0.4 is 0 Å². The normalized spacial score (nSPS) is 12.5. The van der Waals surface area contributed by atoms with E-state index in [2.05, 4.69) is 0 Å². The molecule has 0 N–H and O–H groups in total. The highest BCUT2D eigenvalue weighted by Gasteiger charge is 2.13. The molecule has 4 heteroatoms. The summed E-state index contributed by atoms with van der Waals surface area (Å²) in [5, 5.41) is 0. The molecule has 0 aromatic carbocycles. The number of hydrogen-bond acceptors (Lipinski definition) is 1. The van der Waals surface area contributed by atoms with Gasteiger partial charge in [0, 0.05) is 0 Å². The lowest BCUT2D eigenvalue weighted by atomic mass is 11.9. The van der Waals surface area contributed by atoms with Crippen LogP contribution in [0.1, 0.15) is 0 Å². The van der Waals surface area contributed by atoms with Crippen LogP contribution in [0, 0.1) is 0 Å². The van der Waals surface area contributed by atoms with E-state index in [0.29, 0.717) is 0 Å². The molecule has 0 fully saturated rings. The van der Waals surface area contributed by atoms with Gasteiger partial charge in [-0.25, -0.2) is 0 Å². The summed E-state index contributed by atoms with van der Waals surface area (Å²) in [4.78, 5) is 0. The molecule has 0 aliphatic carbocycles. The predicted molar refractivity (Wildman–Crippen MR) is 34.4 cm³/mol. The Morgan fingerprint density at radius 2 is 1.83 bits per heavy atom. The van der Waals surface area contributed by atoms with E-state index in [1.165, 1.54) is 0 Å². The largest absolute Gasteiger partial charge is 0.453 e. The Hall–Kier alpha value is 0.684. The molecule has 0 saturated heterocycles. The van der Waals surface area contributed by atoms with Crippen LogP contribution in [-0.4, -0.2) is 18.1 Å². The van der Waals surface area contributed by atoms with Gasteiger partial charge in [-0.3, -0.25) is 0 Å². The molecule has 0 unspecified atom stereocenters. The molecule has 0 aliphatic heterocycles. The third-order valence-electron chi connectivity index (χ3n) is 0.485. The second kappa shape index (κ2) is 2.11. The number of halogens is 1. The van der Waals surface area contributed by atoms with E-state index in [0.717, 1.165) is 10.5 Å². The Balaban J connectivity index is 3.17. The summed E-state index contributed by atoms with van der Waals surface area (Å²) in [7, 11) is -0.819. The zero-order valence-corrected chi connectivity index (χ0v) is 8.04. The summed E-state index contributed by atoms with van der Waals surface area (Å²) in [6.07, 6.45) is 0. The summed E-state index contributed by atoms with van der Waals surface area (Å²) in [5.74, 6) is 0. The lowest BCUT2D eigenvalue weighted by Crippen LogP contribution is -2.19. The highest BCUT2D eigenvalue weighted by atomic mass is 35.6. The molecule has 38 valence electrons. The van der Waals surface area contributed by atoms with Crippen LogP contribution in [0.5, 0.6) is 0 Å². The van der Waals surface area contributed by atoms with Crippen molar-refractivity contribution in [2.24, 2.45) is 0 Å². The minimum Gasteiger partial charge on any atom is -0.453 e. The van der Waals surface area contributed by atoms with Gasteiger partial charge in [0.25, 0.3) is 7.63 Å². The standard InChI is InChI=1S/C2H9ClOSi2/c1-6(2,3)4-5/h1-2,5H3. The first-order valence-corrected chi connectivity index (χ1v) is 6.54. The minimum absolute atomic E-state index is 0.778. The number of rotatable bonds is 1. The maximum Gasteiger partial charge on any atom is 0.273 e. The Labute approximate surface area is 47.0 Å². The Kier molecular flexibility index (Phi) is 2.35. The van der Waals surface area contributed by atoms with Crippen molar-refractivity contribution in [2.75, 3.05) is 0 Å². The van der Waals surface area contributed by atoms with Gasteiger partial charge in [0.2, 0.25) is 0 Å². The first kappa shape index (κ1) is 6.68. The van der Waals surface area contributed by atoms with E-state index in [-0.39, 0.29) is 0 Å². The molecular formula is C2H9ClOSi2. The van der Waals surface area contributed by atoms with Gasteiger partial charge in [-0.2, -0.15) is 0 Å². The van der Waals surface area contributed by atoms with Crippen molar-refractivity contribution in [3.8, 4) is 0 Å². The first-order chi connectivity index (χ1) is 2.56. The smallest absolute Gasteiger partial charge is 0.273 e. The fourth-order valence-electron chi connectivity index (χ4n) is 0. The quantitative estimate of drug-likeness (QED) is 0.374. The van der Waals surface area contributed by atoms with Crippen LogP contribution >= 0.6 is 11.1 Å². The molecule has 0 amide bonds. The Morgan fingerprint density at radius 1 is 1.67 bits per heavy atom. The molecule has 6 heavy (non-hydrogen) atoms. The highest BCUT2D eigenvalue weighted by Crippen LogP contribution is 2.04. The third-order valence-corrected chi connectivity index (χ3v) is 5.76. The topological polar surface area (TPSA) is 9.23 Å². The molecule has 0 spiro atoms. The van der Waals surface area contributed by atoms with Crippen LogP contribution in [0.2, 0.25) is 13.1 Å². The van der Waals surface area contributed by atoms with Crippen molar-refractivity contribution in [1.29, 1.82) is 0 Å². The molecule has 0 aromatic rings. The third kappa shape index (κ3) is 4.68. The monoisotopic (exact) mass is 140 g/mol. The molecule has 0 heterocycles. The molecule has 0 radical (unpaired) electrons. The zero-order valence-electron chi connectivity index (χ0n) is 4.29. The first-order valence-electron chi connectivity index (χ1n) is 1.80. The fourth-order valence-corrected chi connectivity index (χ4v) is 0. The van der Waals surface area contributed by atoms with Crippen molar-refractivity contribution in [1.82, 2.24) is 0 Å². The van der Waals surface area contributed by atoms with Crippen LogP contribution in [0.3, 0.4) is 0 Å². The Bertz CT molecular complexity index is 41.3. The SMILES string of the molecule is C[Si](C)(Cl)O[SiH3]. The summed E-state index contributed by atoms with van der Waals surface area (Å²) in [6, 6.07) is 0. The van der Waals surface area contributed by atoms with E-state index in [4.69, 9.17) is 15.2 Å². The predicted octanol–water partition coefficient (Wildman–Crippen LogP) is 0.224. The highest BCUT2D eigenvalue weighted by molar-refractivity contribution is 7.16. The summed E-state index contributed by atoms with van der Waals surface area (Å²) >= 11 is 5.67. The molecule has 1 nitrogen and oxygen atoms in total. The summed E-state index contributed by atoms with van der Waals surface area (Å²) in [5.41, 5.74) is 0. The van der Waals surface area contributed by atoms with Crippen LogP contribution in [0.4, 0.5) is 0 Å². The van der Waals surface area contributed by atoms with E-state index in [9.17, 15) is 0 Å². The van der Waals surface area contributed by atoms with Crippen LogP contribution in [-0.2, 0) is 4.12 Å². The van der Waals surface area contributed by atoms with Gasteiger partial charge < -0.3 is 4.12 Å². The minimum atomic E-state index is -1.60. The van der Waals surface area contributed by atoms with Gasteiger partial charge in [-0.05, 0) is 13.1 Å². The second-order valence-corrected chi connectivity index (χ2v) is 8.66. The van der Waals surface area contributed by atoms with Gasteiger partial charge in [-0.15, -0.1) is 11.1 Å². The van der Waals surface area contributed by atoms with Gasteiger partial charge in [0.1, 0.15) is 10.5 Å². The molecule has 0 rings (SSSR count). The van der Waals surface area contributed by atoms with Gasteiger partial charge in [-0.1, -0.05) is 0 Å². The maximum absolute atomic E-state index is 5.67. The summed E-state index contributed by atoms with van der Waals surface area (Å²) in [6.45, 7) is 3.92. The molecule has 0 aromatic heterocycles. The summed E-state index contributed by atoms with van der Waals surface area (Å²) < 4.78 is 4.98.